The van der Waals surface area contributed by atoms with Gasteiger partial charge in [-0.05, 0) is 66.6 Å². The maximum absolute atomic E-state index is 14.2. The highest BCUT2D eigenvalue weighted by molar-refractivity contribution is 6.01. The summed E-state index contributed by atoms with van der Waals surface area (Å²) in [5.74, 6) is 0.756. The second-order valence-electron chi connectivity index (χ2n) is 12.5. The van der Waals surface area contributed by atoms with Crippen LogP contribution < -0.4 is 14.5 Å². The number of ether oxygens (including phenoxy) is 2. The number of imidazole rings is 1. The third-order valence-electron chi connectivity index (χ3n) is 9.37. The lowest BCUT2D eigenvalue weighted by molar-refractivity contribution is -0.140. The Morgan fingerprint density at radius 3 is 2.47 bits per heavy atom. The maximum Gasteiger partial charge on any atom is 0.435 e. The molecule has 2 aromatic carbocycles. The second kappa shape index (κ2) is 12.2. The summed E-state index contributed by atoms with van der Waals surface area (Å²) in [6.45, 7) is 5.38. The molecule has 5 heterocycles. The molecule has 0 spiro atoms. The Bertz CT molecular complexity index is 1910. The minimum atomic E-state index is -4.58. The van der Waals surface area contributed by atoms with Crippen LogP contribution in [0.1, 0.15) is 40.9 Å². The van der Waals surface area contributed by atoms with Crippen LogP contribution in [0.3, 0.4) is 0 Å². The first-order valence-electron chi connectivity index (χ1n) is 15.8. The van der Waals surface area contributed by atoms with E-state index in [0.29, 0.717) is 31.6 Å². The van der Waals surface area contributed by atoms with Gasteiger partial charge in [-0.2, -0.15) is 18.3 Å². The number of rotatable bonds is 7. The number of alkyl halides is 3. The van der Waals surface area contributed by atoms with Gasteiger partial charge in [0.2, 0.25) is 0 Å². The lowest BCUT2D eigenvalue weighted by Gasteiger charge is -2.35. The molecular weight excluding hydrogens is 607 g/mol. The van der Waals surface area contributed by atoms with E-state index in [-0.39, 0.29) is 11.7 Å². The van der Waals surface area contributed by atoms with Gasteiger partial charge in [0.1, 0.15) is 5.75 Å². The van der Waals surface area contributed by atoms with Gasteiger partial charge in [0.05, 0.1) is 30.7 Å². The van der Waals surface area contributed by atoms with Crippen LogP contribution in [0.5, 0.6) is 5.75 Å². The fourth-order valence-corrected chi connectivity index (χ4v) is 7.13. The summed E-state index contributed by atoms with van der Waals surface area (Å²) in [5, 5.41) is 4.82. The molecule has 0 radical (unpaired) electrons. The van der Waals surface area contributed by atoms with Gasteiger partial charge >= 0.3 is 6.18 Å². The van der Waals surface area contributed by atoms with Gasteiger partial charge in [0, 0.05) is 93.9 Å². The minimum Gasteiger partial charge on any atom is -0.497 e. The van der Waals surface area contributed by atoms with Crippen molar-refractivity contribution in [3.05, 3.63) is 83.3 Å². The van der Waals surface area contributed by atoms with Gasteiger partial charge < -0.3 is 23.8 Å². The molecule has 0 unspecified atom stereocenters. The number of pyridine rings is 1. The maximum atomic E-state index is 14.2. The molecule has 0 saturated carbocycles. The zero-order valence-electron chi connectivity index (χ0n) is 27.0. The molecule has 0 N–H and O–H groups in total. The summed E-state index contributed by atoms with van der Waals surface area (Å²) in [7, 11) is 4.98. The molecule has 12 heteroatoms. The van der Waals surface area contributed by atoms with Crippen molar-refractivity contribution >= 4 is 22.3 Å². The Hall–Kier alpha value is -4.58. The molecule has 9 nitrogen and oxygen atoms in total. The van der Waals surface area contributed by atoms with Gasteiger partial charge in [-0.15, -0.1) is 0 Å². The minimum absolute atomic E-state index is 0.106. The Kier molecular flexibility index (Phi) is 8.07. The van der Waals surface area contributed by atoms with Crippen molar-refractivity contribution in [2.24, 2.45) is 7.05 Å². The zero-order valence-corrected chi connectivity index (χ0v) is 27.0. The monoisotopic (exact) mass is 645 g/mol. The highest BCUT2D eigenvalue weighted by Gasteiger charge is 2.38. The van der Waals surface area contributed by atoms with Crippen molar-refractivity contribution in [3.8, 4) is 16.9 Å². The normalized spacial score (nSPS) is 15.8. The summed E-state index contributed by atoms with van der Waals surface area (Å²) < 4.78 is 57.2. The first kappa shape index (κ1) is 31.0. The van der Waals surface area contributed by atoms with E-state index in [4.69, 9.17) is 14.5 Å². The van der Waals surface area contributed by atoms with Crippen molar-refractivity contribution in [3.63, 3.8) is 0 Å². The largest absolute Gasteiger partial charge is 0.497 e. The first-order valence-corrected chi connectivity index (χ1v) is 15.8. The smallest absolute Gasteiger partial charge is 0.435 e. The van der Waals surface area contributed by atoms with Crippen molar-refractivity contribution in [2.45, 2.75) is 51.6 Å². The molecule has 7 rings (SSSR count). The number of halogens is 3. The lowest BCUT2D eigenvalue weighted by Crippen LogP contribution is -2.37. The standard InChI is InChI=1S/C35H38F3N7O2/c1-22-13-31(29-16-26(47-4)17-32(33(29)40-22)44-9-5-25(46-3)6-10-44)45-11-7-27-24(19-45)14-23(18-43-12-8-39-21-43)15-28(27)30-20-42(2)41-34(30)35(36,37)38/h8,12-17,20-21,25H,5-7,9-11,18-19H2,1-4H3. The van der Waals surface area contributed by atoms with Crippen LogP contribution in [0.15, 0.2) is 55.2 Å². The van der Waals surface area contributed by atoms with Gasteiger partial charge in [-0.25, -0.2) is 4.98 Å². The molecule has 1 fully saturated rings. The third-order valence-corrected chi connectivity index (χ3v) is 9.37. The molecule has 0 bridgehead atoms. The van der Waals surface area contributed by atoms with Crippen LogP contribution in [-0.2, 0) is 37.5 Å². The number of benzene rings is 2. The van der Waals surface area contributed by atoms with E-state index in [1.54, 1.807) is 26.7 Å². The molecule has 1 saturated heterocycles. The molecule has 0 amide bonds. The number of hydrogen-bond acceptors (Lipinski definition) is 7. The second-order valence-corrected chi connectivity index (χ2v) is 12.5. The van der Waals surface area contributed by atoms with E-state index < -0.39 is 11.9 Å². The fourth-order valence-electron chi connectivity index (χ4n) is 7.13. The average molecular weight is 646 g/mol. The van der Waals surface area contributed by atoms with E-state index >= 15 is 0 Å². The number of aromatic nitrogens is 5. The van der Waals surface area contributed by atoms with E-state index in [0.717, 1.165) is 76.3 Å². The predicted octanol–water partition coefficient (Wildman–Crippen LogP) is 6.39. The van der Waals surface area contributed by atoms with Crippen molar-refractivity contribution in [1.29, 1.82) is 0 Å². The fraction of sp³-hybridized carbons (Fsp3) is 0.400. The van der Waals surface area contributed by atoms with Crippen LogP contribution in [-0.4, -0.2) is 64.3 Å². The number of nitrogens with zero attached hydrogens (tertiary/aromatic N) is 7. The molecule has 5 aromatic rings. The quantitative estimate of drug-likeness (QED) is 0.203. The Morgan fingerprint density at radius 2 is 1.77 bits per heavy atom. The van der Waals surface area contributed by atoms with E-state index in [2.05, 4.69) is 38.1 Å². The van der Waals surface area contributed by atoms with Gasteiger partial charge in [0.15, 0.2) is 5.69 Å². The van der Waals surface area contributed by atoms with E-state index in [1.165, 1.54) is 17.9 Å². The SMILES string of the molecule is COc1cc(N2CCC(OC)CC2)c2nc(C)cc(N3CCc4c(cc(Cn5ccnc5)cc4-c4cn(C)nc4C(F)(F)F)C3)c2c1. The van der Waals surface area contributed by atoms with Crippen LogP contribution in [0.4, 0.5) is 24.5 Å². The van der Waals surface area contributed by atoms with Gasteiger partial charge in [-0.1, -0.05) is 6.07 Å². The number of piperidine rings is 1. The third kappa shape index (κ3) is 6.02. The Balaban J connectivity index is 1.33. The molecular formula is C35H38F3N7O2. The van der Waals surface area contributed by atoms with Crippen LogP contribution in [0, 0.1) is 6.92 Å². The molecule has 246 valence electrons. The van der Waals surface area contributed by atoms with Gasteiger partial charge in [-0.3, -0.25) is 9.67 Å². The Morgan fingerprint density at radius 1 is 0.957 bits per heavy atom. The summed E-state index contributed by atoms with van der Waals surface area (Å²) in [4.78, 5) is 13.9. The summed E-state index contributed by atoms with van der Waals surface area (Å²) in [5.41, 5.74) is 6.52. The van der Waals surface area contributed by atoms with Crippen LogP contribution >= 0.6 is 0 Å². The Labute approximate surface area is 271 Å². The lowest BCUT2D eigenvalue weighted by atomic mass is 9.88. The topological polar surface area (TPSA) is 73.5 Å². The summed E-state index contributed by atoms with van der Waals surface area (Å²) in [6, 6.07) is 10.2. The first-order chi connectivity index (χ1) is 22.6. The zero-order chi connectivity index (χ0) is 32.9. The van der Waals surface area contributed by atoms with Crippen molar-refractivity contribution in [2.75, 3.05) is 43.7 Å². The molecule has 2 aliphatic heterocycles. The molecule has 0 atom stereocenters. The molecule has 0 aliphatic carbocycles. The number of aryl methyl sites for hydroxylation is 2. The number of hydrogen-bond donors (Lipinski definition) is 0. The highest BCUT2D eigenvalue weighted by Crippen LogP contribution is 2.42. The van der Waals surface area contributed by atoms with Crippen molar-refractivity contribution in [1.82, 2.24) is 24.3 Å². The van der Waals surface area contributed by atoms with Crippen LogP contribution in [0.25, 0.3) is 22.0 Å². The highest BCUT2D eigenvalue weighted by atomic mass is 19.4. The summed E-state index contributed by atoms with van der Waals surface area (Å²) >= 11 is 0. The van der Waals surface area contributed by atoms with E-state index in [1.807, 2.05) is 29.8 Å². The summed E-state index contributed by atoms with van der Waals surface area (Å²) in [6.07, 6.45) is 4.87. The number of fused-ring (bicyclic) bond motifs is 2. The average Bonchev–Trinajstić information content (AvgIpc) is 3.73. The molecule has 47 heavy (non-hydrogen) atoms. The van der Waals surface area contributed by atoms with E-state index in [9.17, 15) is 13.2 Å². The number of methoxy groups -OCH3 is 2. The van der Waals surface area contributed by atoms with Crippen molar-refractivity contribution < 1.29 is 22.6 Å². The predicted molar refractivity (Wildman–Crippen MR) is 175 cm³/mol. The molecule has 3 aromatic heterocycles. The van der Waals surface area contributed by atoms with Crippen LogP contribution in [0.2, 0.25) is 0 Å². The number of anilines is 2. The van der Waals surface area contributed by atoms with Gasteiger partial charge in [0.25, 0.3) is 0 Å². The molecule has 2 aliphatic rings.